The average molecular weight is 289 g/mol. The van der Waals surface area contributed by atoms with Crippen LogP contribution < -0.4 is 10.6 Å². The van der Waals surface area contributed by atoms with Crippen LogP contribution in [0.1, 0.15) is 26.2 Å². The highest BCUT2D eigenvalue weighted by Crippen LogP contribution is 2.15. The highest BCUT2D eigenvalue weighted by Gasteiger charge is 2.21. The lowest BCUT2D eigenvalue weighted by molar-refractivity contribution is -0.117. The summed E-state index contributed by atoms with van der Waals surface area (Å²) < 4.78 is 0. The minimum atomic E-state index is 0.0865. The first-order valence-electron chi connectivity index (χ1n) is 8.06. The molecule has 1 aliphatic rings. The van der Waals surface area contributed by atoms with E-state index in [0.29, 0.717) is 12.5 Å². The standard InChI is InChI=1S/C17H27N3O/c1-2-10-18-12-15-7-6-11-20(13-15)14-17(21)19-16-8-4-3-5-9-16/h3-5,8-9,15,18H,2,6-7,10-14H2,1H3,(H,19,21). The molecule has 1 heterocycles. The van der Waals surface area contributed by atoms with Gasteiger partial charge in [0.1, 0.15) is 0 Å². The van der Waals surface area contributed by atoms with Gasteiger partial charge in [-0.05, 0) is 56.9 Å². The first-order valence-corrected chi connectivity index (χ1v) is 8.06. The molecule has 1 unspecified atom stereocenters. The van der Waals surface area contributed by atoms with Gasteiger partial charge in [-0.3, -0.25) is 9.69 Å². The van der Waals surface area contributed by atoms with Crippen LogP contribution in [0, 0.1) is 5.92 Å². The molecule has 0 radical (unpaired) electrons. The molecule has 1 amide bonds. The summed E-state index contributed by atoms with van der Waals surface area (Å²) in [6.07, 6.45) is 3.64. The number of nitrogens with zero attached hydrogens (tertiary/aromatic N) is 1. The zero-order chi connectivity index (χ0) is 14.9. The van der Waals surface area contributed by atoms with E-state index in [1.807, 2.05) is 30.3 Å². The van der Waals surface area contributed by atoms with Gasteiger partial charge in [0.2, 0.25) is 5.91 Å². The number of rotatable bonds is 7. The zero-order valence-electron chi connectivity index (χ0n) is 13.0. The van der Waals surface area contributed by atoms with Gasteiger partial charge in [0.05, 0.1) is 6.54 Å². The van der Waals surface area contributed by atoms with Gasteiger partial charge in [0, 0.05) is 12.2 Å². The van der Waals surface area contributed by atoms with E-state index in [9.17, 15) is 4.79 Å². The van der Waals surface area contributed by atoms with Gasteiger partial charge in [0.25, 0.3) is 0 Å². The Bertz CT molecular complexity index is 421. The zero-order valence-corrected chi connectivity index (χ0v) is 13.0. The van der Waals surface area contributed by atoms with Crippen molar-refractivity contribution in [2.45, 2.75) is 26.2 Å². The van der Waals surface area contributed by atoms with Crippen molar-refractivity contribution < 1.29 is 4.79 Å². The average Bonchev–Trinajstić information content (AvgIpc) is 2.49. The summed E-state index contributed by atoms with van der Waals surface area (Å²) >= 11 is 0. The molecule has 1 saturated heterocycles. The first-order chi connectivity index (χ1) is 10.3. The smallest absolute Gasteiger partial charge is 0.238 e. The van der Waals surface area contributed by atoms with Crippen LogP contribution in [0.5, 0.6) is 0 Å². The van der Waals surface area contributed by atoms with Crippen LogP contribution in [0.15, 0.2) is 30.3 Å². The highest BCUT2D eigenvalue weighted by atomic mass is 16.2. The molecule has 1 atom stereocenters. The maximum Gasteiger partial charge on any atom is 0.238 e. The summed E-state index contributed by atoms with van der Waals surface area (Å²) in [5, 5.41) is 6.45. The largest absolute Gasteiger partial charge is 0.325 e. The number of para-hydroxylation sites is 1. The van der Waals surface area contributed by atoms with Gasteiger partial charge < -0.3 is 10.6 Å². The van der Waals surface area contributed by atoms with E-state index in [-0.39, 0.29) is 5.91 Å². The third-order valence-corrected chi connectivity index (χ3v) is 3.89. The molecule has 2 N–H and O–H groups in total. The molecule has 1 fully saturated rings. The van der Waals surface area contributed by atoms with Gasteiger partial charge in [0.15, 0.2) is 0 Å². The van der Waals surface area contributed by atoms with Gasteiger partial charge in [-0.2, -0.15) is 0 Å². The molecule has 4 heteroatoms. The molecule has 0 bridgehead atoms. The number of anilines is 1. The van der Waals surface area contributed by atoms with Crippen molar-refractivity contribution in [1.29, 1.82) is 0 Å². The van der Waals surface area contributed by atoms with Crippen molar-refractivity contribution in [3.63, 3.8) is 0 Å². The molecular formula is C17H27N3O. The predicted octanol–water partition coefficient (Wildman–Crippen LogP) is 2.34. The van der Waals surface area contributed by atoms with E-state index in [1.165, 1.54) is 19.3 Å². The monoisotopic (exact) mass is 289 g/mol. The van der Waals surface area contributed by atoms with Crippen molar-refractivity contribution in [3.05, 3.63) is 30.3 Å². The van der Waals surface area contributed by atoms with Crippen LogP contribution >= 0.6 is 0 Å². The lowest BCUT2D eigenvalue weighted by atomic mass is 9.98. The van der Waals surface area contributed by atoms with Crippen LogP contribution in [-0.4, -0.2) is 43.5 Å². The van der Waals surface area contributed by atoms with Crippen molar-refractivity contribution in [3.8, 4) is 0 Å². The molecule has 4 nitrogen and oxygen atoms in total. The molecule has 1 aromatic carbocycles. The molecule has 21 heavy (non-hydrogen) atoms. The van der Waals surface area contributed by atoms with E-state index < -0.39 is 0 Å². The summed E-state index contributed by atoms with van der Waals surface area (Å²) in [6, 6.07) is 9.67. The van der Waals surface area contributed by atoms with Crippen LogP contribution in [0.3, 0.4) is 0 Å². The number of benzene rings is 1. The van der Waals surface area contributed by atoms with Gasteiger partial charge in [-0.1, -0.05) is 25.1 Å². The molecule has 2 rings (SSSR count). The second-order valence-electron chi connectivity index (χ2n) is 5.86. The fraction of sp³-hybridized carbons (Fsp3) is 0.588. The molecule has 1 aliphatic heterocycles. The lowest BCUT2D eigenvalue weighted by Gasteiger charge is -2.32. The predicted molar refractivity (Wildman–Crippen MR) is 87.4 cm³/mol. The number of likely N-dealkylation sites (tertiary alicyclic amines) is 1. The third-order valence-electron chi connectivity index (χ3n) is 3.89. The number of amides is 1. The summed E-state index contributed by atoms with van der Waals surface area (Å²) in [5.41, 5.74) is 0.876. The quantitative estimate of drug-likeness (QED) is 0.757. The molecule has 0 spiro atoms. The Kier molecular flexibility index (Phi) is 6.70. The summed E-state index contributed by atoms with van der Waals surface area (Å²) in [4.78, 5) is 14.4. The molecule has 0 saturated carbocycles. The van der Waals surface area contributed by atoms with Crippen LogP contribution in [-0.2, 0) is 4.79 Å². The Morgan fingerprint density at radius 1 is 1.33 bits per heavy atom. The fourth-order valence-corrected chi connectivity index (χ4v) is 2.87. The summed E-state index contributed by atoms with van der Waals surface area (Å²) in [5.74, 6) is 0.762. The van der Waals surface area contributed by atoms with Crippen molar-refractivity contribution in [1.82, 2.24) is 10.2 Å². The summed E-state index contributed by atoms with van der Waals surface area (Å²) in [6.45, 7) is 6.91. The Hall–Kier alpha value is -1.39. The van der Waals surface area contributed by atoms with E-state index in [1.54, 1.807) is 0 Å². The van der Waals surface area contributed by atoms with E-state index >= 15 is 0 Å². The number of piperidine rings is 1. The number of nitrogens with one attached hydrogen (secondary N) is 2. The Morgan fingerprint density at radius 2 is 2.14 bits per heavy atom. The summed E-state index contributed by atoms with van der Waals surface area (Å²) in [7, 11) is 0. The molecule has 116 valence electrons. The molecular weight excluding hydrogens is 262 g/mol. The molecule has 1 aromatic rings. The Labute approximate surface area is 127 Å². The minimum Gasteiger partial charge on any atom is -0.325 e. The van der Waals surface area contributed by atoms with Gasteiger partial charge >= 0.3 is 0 Å². The second-order valence-corrected chi connectivity index (χ2v) is 5.86. The van der Waals surface area contributed by atoms with Crippen LogP contribution in [0.25, 0.3) is 0 Å². The van der Waals surface area contributed by atoms with Crippen molar-refractivity contribution in [2.24, 2.45) is 5.92 Å². The van der Waals surface area contributed by atoms with Crippen molar-refractivity contribution >= 4 is 11.6 Å². The second kappa shape index (κ2) is 8.80. The maximum atomic E-state index is 12.1. The van der Waals surface area contributed by atoms with E-state index in [0.717, 1.165) is 31.9 Å². The minimum absolute atomic E-state index is 0.0865. The van der Waals surface area contributed by atoms with Crippen LogP contribution in [0.4, 0.5) is 5.69 Å². The normalized spacial score (nSPS) is 19.4. The number of hydrogen-bond acceptors (Lipinski definition) is 3. The van der Waals surface area contributed by atoms with Gasteiger partial charge in [-0.25, -0.2) is 0 Å². The number of hydrogen-bond donors (Lipinski definition) is 2. The van der Waals surface area contributed by atoms with Gasteiger partial charge in [-0.15, -0.1) is 0 Å². The SMILES string of the molecule is CCCNCC1CCCN(CC(=O)Nc2ccccc2)C1. The lowest BCUT2D eigenvalue weighted by Crippen LogP contribution is -2.43. The van der Waals surface area contributed by atoms with E-state index in [4.69, 9.17) is 0 Å². The first kappa shape index (κ1) is 16.0. The highest BCUT2D eigenvalue weighted by molar-refractivity contribution is 5.92. The van der Waals surface area contributed by atoms with Crippen LogP contribution in [0.2, 0.25) is 0 Å². The molecule has 0 aliphatic carbocycles. The fourth-order valence-electron chi connectivity index (χ4n) is 2.87. The Morgan fingerprint density at radius 3 is 2.90 bits per heavy atom. The molecule has 0 aromatic heterocycles. The number of carbonyl (C=O) groups is 1. The van der Waals surface area contributed by atoms with E-state index in [2.05, 4.69) is 22.5 Å². The third kappa shape index (κ3) is 5.86. The van der Waals surface area contributed by atoms with Crippen molar-refractivity contribution in [2.75, 3.05) is 38.0 Å². The Balaban J connectivity index is 1.73. The topological polar surface area (TPSA) is 44.4 Å². The maximum absolute atomic E-state index is 12.1. The number of carbonyl (C=O) groups excluding carboxylic acids is 1.